The summed E-state index contributed by atoms with van der Waals surface area (Å²) < 4.78 is 5.42. The van der Waals surface area contributed by atoms with Gasteiger partial charge in [0.05, 0.1) is 18.7 Å². The molecule has 0 radical (unpaired) electrons. The maximum Gasteiger partial charge on any atom is 0.196 e. The molecule has 4 nitrogen and oxygen atoms in total. The predicted octanol–water partition coefficient (Wildman–Crippen LogP) is 2.52. The normalized spacial score (nSPS) is 23.0. The lowest BCUT2D eigenvalue weighted by Gasteiger charge is -2.42. The van der Waals surface area contributed by atoms with Gasteiger partial charge >= 0.3 is 0 Å². The fourth-order valence-electron chi connectivity index (χ4n) is 2.56. The van der Waals surface area contributed by atoms with Crippen molar-refractivity contribution in [1.29, 1.82) is 0 Å². The van der Waals surface area contributed by atoms with Crippen molar-refractivity contribution < 1.29 is 4.74 Å². The number of hydrogen-bond donors (Lipinski definition) is 1. The number of aliphatic imine (C=N–C) groups is 1. The van der Waals surface area contributed by atoms with Crippen molar-refractivity contribution in [1.82, 2.24) is 0 Å². The zero-order chi connectivity index (χ0) is 14.0. The van der Waals surface area contributed by atoms with Crippen LogP contribution in [0.3, 0.4) is 0 Å². The molecule has 19 heavy (non-hydrogen) atoms. The van der Waals surface area contributed by atoms with Crippen LogP contribution in [-0.2, 0) is 4.74 Å². The molecule has 1 aliphatic rings. The van der Waals surface area contributed by atoms with Crippen molar-refractivity contribution in [2.45, 2.75) is 19.4 Å². The van der Waals surface area contributed by atoms with Crippen molar-refractivity contribution in [3.63, 3.8) is 0 Å². The van der Waals surface area contributed by atoms with E-state index in [0.29, 0.717) is 30.1 Å². The molecule has 0 amide bonds. The SMILES string of the molecule is COCC1(C(C)C)CN=C(N)N1c1cccc(Cl)c1. The monoisotopic (exact) mass is 281 g/mol. The Balaban J connectivity index is 2.46. The molecule has 1 atom stereocenters. The molecule has 0 aromatic heterocycles. The highest BCUT2D eigenvalue weighted by atomic mass is 35.5. The van der Waals surface area contributed by atoms with E-state index >= 15 is 0 Å². The number of methoxy groups -OCH3 is 1. The summed E-state index contributed by atoms with van der Waals surface area (Å²) in [6, 6.07) is 7.66. The summed E-state index contributed by atoms with van der Waals surface area (Å²) in [7, 11) is 1.70. The first-order chi connectivity index (χ1) is 9.01. The number of hydrogen-bond acceptors (Lipinski definition) is 4. The topological polar surface area (TPSA) is 50.9 Å². The molecule has 5 heteroatoms. The van der Waals surface area contributed by atoms with Crippen LogP contribution < -0.4 is 10.6 Å². The number of nitrogens with zero attached hydrogens (tertiary/aromatic N) is 2. The second kappa shape index (κ2) is 5.39. The number of halogens is 1. The van der Waals surface area contributed by atoms with Gasteiger partial charge in [0.25, 0.3) is 0 Å². The average Bonchev–Trinajstić information content (AvgIpc) is 2.68. The molecule has 2 N–H and O–H groups in total. The summed E-state index contributed by atoms with van der Waals surface area (Å²) in [6.07, 6.45) is 0. The second-order valence-electron chi connectivity index (χ2n) is 5.18. The lowest BCUT2D eigenvalue weighted by atomic mass is 9.85. The second-order valence-corrected chi connectivity index (χ2v) is 5.62. The van der Waals surface area contributed by atoms with Crippen LogP contribution in [0.1, 0.15) is 13.8 Å². The minimum atomic E-state index is -0.247. The number of nitrogens with two attached hydrogens (primary N) is 1. The van der Waals surface area contributed by atoms with Crippen molar-refractivity contribution in [3.05, 3.63) is 29.3 Å². The number of ether oxygens (including phenoxy) is 1. The van der Waals surface area contributed by atoms with E-state index in [1.165, 1.54) is 0 Å². The Kier molecular flexibility index (Phi) is 4.02. The molecular formula is C14H20ClN3O. The van der Waals surface area contributed by atoms with E-state index in [1.807, 2.05) is 29.2 Å². The smallest absolute Gasteiger partial charge is 0.196 e. The lowest BCUT2D eigenvalue weighted by Crippen LogP contribution is -2.58. The fraction of sp³-hybridized carbons (Fsp3) is 0.500. The van der Waals surface area contributed by atoms with Crippen molar-refractivity contribution in [2.75, 3.05) is 25.2 Å². The lowest BCUT2D eigenvalue weighted by molar-refractivity contribution is 0.115. The maximum absolute atomic E-state index is 6.08. The molecule has 1 unspecified atom stereocenters. The van der Waals surface area contributed by atoms with E-state index in [1.54, 1.807) is 7.11 Å². The standard InChI is InChI=1S/C14H20ClN3O/c1-10(2)14(9-19-3)8-17-13(16)18(14)12-6-4-5-11(15)7-12/h4-7,10H,8-9H2,1-3H3,(H2,16,17). The Labute approximate surface area is 119 Å². The quantitative estimate of drug-likeness (QED) is 0.923. The van der Waals surface area contributed by atoms with Crippen LogP contribution in [0.5, 0.6) is 0 Å². The zero-order valence-electron chi connectivity index (χ0n) is 11.6. The summed E-state index contributed by atoms with van der Waals surface area (Å²) in [6.45, 7) is 5.52. The van der Waals surface area contributed by atoms with Gasteiger partial charge in [-0.25, -0.2) is 0 Å². The Morgan fingerprint density at radius 3 is 2.84 bits per heavy atom. The first-order valence-electron chi connectivity index (χ1n) is 6.36. The van der Waals surface area contributed by atoms with Crippen LogP contribution in [0.2, 0.25) is 5.02 Å². The van der Waals surface area contributed by atoms with Gasteiger partial charge in [0, 0.05) is 17.8 Å². The zero-order valence-corrected chi connectivity index (χ0v) is 12.3. The Morgan fingerprint density at radius 1 is 1.53 bits per heavy atom. The summed E-state index contributed by atoms with van der Waals surface area (Å²) >= 11 is 6.08. The van der Waals surface area contributed by atoms with Crippen LogP contribution in [-0.4, -0.2) is 31.8 Å². The predicted molar refractivity (Wildman–Crippen MR) is 79.9 cm³/mol. The number of benzene rings is 1. The number of guanidine groups is 1. The van der Waals surface area contributed by atoms with E-state index in [2.05, 4.69) is 18.8 Å². The highest BCUT2D eigenvalue weighted by Crippen LogP contribution is 2.35. The van der Waals surface area contributed by atoms with Gasteiger partial charge < -0.3 is 15.4 Å². The molecule has 0 saturated carbocycles. The van der Waals surface area contributed by atoms with Crippen molar-refractivity contribution >= 4 is 23.2 Å². The van der Waals surface area contributed by atoms with Gasteiger partial charge in [-0.1, -0.05) is 31.5 Å². The molecule has 1 heterocycles. The molecule has 0 bridgehead atoms. The first kappa shape index (κ1) is 14.2. The first-order valence-corrected chi connectivity index (χ1v) is 6.74. The van der Waals surface area contributed by atoms with Gasteiger partial charge in [-0.2, -0.15) is 0 Å². The molecule has 0 saturated heterocycles. The van der Waals surface area contributed by atoms with E-state index in [0.717, 1.165) is 5.69 Å². The van der Waals surface area contributed by atoms with E-state index in [4.69, 9.17) is 22.1 Å². The third kappa shape index (κ3) is 2.42. The van der Waals surface area contributed by atoms with Crippen LogP contribution >= 0.6 is 11.6 Å². The third-order valence-corrected chi connectivity index (χ3v) is 3.96. The molecule has 0 aliphatic carbocycles. The van der Waals surface area contributed by atoms with Gasteiger partial charge in [-0.05, 0) is 24.1 Å². The van der Waals surface area contributed by atoms with Gasteiger partial charge in [0.1, 0.15) is 0 Å². The molecule has 2 rings (SSSR count). The van der Waals surface area contributed by atoms with E-state index in [9.17, 15) is 0 Å². The molecule has 1 aromatic rings. The maximum atomic E-state index is 6.08. The fourth-order valence-corrected chi connectivity index (χ4v) is 2.74. The summed E-state index contributed by atoms with van der Waals surface area (Å²) in [5, 5.41) is 0.687. The van der Waals surface area contributed by atoms with Crippen LogP contribution in [0.25, 0.3) is 0 Å². The highest BCUT2D eigenvalue weighted by molar-refractivity contribution is 6.31. The van der Waals surface area contributed by atoms with Crippen molar-refractivity contribution in [3.8, 4) is 0 Å². The third-order valence-electron chi connectivity index (χ3n) is 3.72. The van der Waals surface area contributed by atoms with E-state index in [-0.39, 0.29) is 5.54 Å². The molecule has 104 valence electrons. The summed E-state index contributed by atoms with van der Waals surface area (Å²) in [5.41, 5.74) is 6.79. The Morgan fingerprint density at radius 2 is 2.26 bits per heavy atom. The molecule has 1 aliphatic heterocycles. The molecule has 1 aromatic carbocycles. The molecule has 0 fully saturated rings. The van der Waals surface area contributed by atoms with Crippen LogP contribution in [0.4, 0.5) is 5.69 Å². The van der Waals surface area contributed by atoms with Crippen LogP contribution in [0, 0.1) is 5.92 Å². The molecular weight excluding hydrogens is 262 g/mol. The summed E-state index contributed by atoms with van der Waals surface area (Å²) in [4.78, 5) is 6.46. The van der Waals surface area contributed by atoms with Gasteiger partial charge in [0.15, 0.2) is 5.96 Å². The number of anilines is 1. The number of rotatable bonds is 4. The summed E-state index contributed by atoms with van der Waals surface area (Å²) in [5.74, 6) is 0.865. The minimum Gasteiger partial charge on any atom is -0.382 e. The van der Waals surface area contributed by atoms with Gasteiger partial charge in [-0.15, -0.1) is 0 Å². The largest absolute Gasteiger partial charge is 0.382 e. The van der Waals surface area contributed by atoms with Crippen molar-refractivity contribution in [2.24, 2.45) is 16.6 Å². The van der Waals surface area contributed by atoms with Gasteiger partial charge in [0.2, 0.25) is 0 Å². The van der Waals surface area contributed by atoms with Crippen LogP contribution in [0.15, 0.2) is 29.3 Å². The Bertz CT molecular complexity index is 489. The average molecular weight is 282 g/mol. The van der Waals surface area contributed by atoms with Gasteiger partial charge in [-0.3, -0.25) is 4.99 Å². The van der Waals surface area contributed by atoms with E-state index < -0.39 is 0 Å². The minimum absolute atomic E-state index is 0.247. The molecule has 0 spiro atoms. The Hall–Kier alpha value is -1.26. The highest BCUT2D eigenvalue weighted by Gasteiger charge is 2.45.